The van der Waals surface area contributed by atoms with Gasteiger partial charge in [-0.2, -0.15) is 0 Å². The number of benzene rings is 2. The van der Waals surface area contributed by atoms with Gasteiger partial charge in [0, 0.05) is 18.7 Å². The average molecular weight is 321 g/mol. The number of carbonyl (C=O) groups excluding carboxylic acids is 1. The highest BCUT2D eigenvalue weighted by atomic mass is 16.2. The number of unbranched alkanes of at least 4 members (excludes halogenated alkanes) is 1. The van der Waals surface area contributed by atoms with Crippen molar-refractivity contribution in [3.63, 3.8) is 0 Å². The van der Waals surface area contributed by atoms with E-state index in [0.717, 1.165) is 48.5 Å². The smallest absolute Gasteiger partial charge is 0.254 e. The number of hydrogen-bond donors (Lipinski definition) is 0. The van der Waals surface area contributed by atoms with Gasteiger partial charge in [-0.15, -0.1) is 0 Å². The molecule has 0 N–H and O–H groups in total. The summed E-state index contributed by atoms with van der Waals surface area (Å²) in [6.45, 7) is 4.05. The molecule has 1 aliphatic rings. The SMILES string of the molecule is CCCCC1CCN(C(=O)c2ccccc2-c2ccccc2)CC1. The van der Waals surface area contributed by atoms with Gasteiger partial charge in [-0.25, -0.2) is 0 Å². The van der Waals surface area contributed by atoms with Crippen molar-refractivity contribution in [2.24, 2.45) is 5.92 Å². The maximum Gasteiger partial charge on any atom is 0.254 e. The summed E-state index contributed by atoms with van der Waals surface area (Å²) in [5.41, 5.74) is 2.98. The maximum atomic E-state index is 13.0. The first-order valence-corrected chi connectivity index (χ1v) is 9.23. The minimum absolute atomic E-state index is 0.184. The molecule has 0 aliphatic carbocycles. The first-order chi connectivity index (χ1) is 11.8. The zero-order chi connectivity index (χ0) is 16.8. The fraction of sp³-hybridized carbons (Fsp3) is 0.409. The van der Waals surface area contributed by atoms with E-state index in [4.69, 9.17) is 0 Å². The Morgan fingerprint density at radius 3 is 2.38 bits per heavy atom. The Morgan fingerprint density at radius 2 is 1.67 bits per heavy atom. The second kappa shape index (κ2) is 8.14. The molecule has 1 amide bonds. The third kappa shape index (κ3) is 3.87. The standard InChI is InChI=1S/C22H27NO/c1-2-3-9-18-14-16-23(17-15-18)22(24)21-13-8-7-12-20(21)19-10-5-4-6-11-19/h4-8,10-13,18H,2-3,9,14-17H2,1H3. The van der Waals surface area contributed by atoms with Crippen LogP contribution >= 0.6 is 0 Å². The molecule has 2 heteroatoms. The van der Waals surface area contributed by atoms with E-state index < -0.39 is 0 Å². The summed E-state index contributed by atoms with van der Waals surface area (Å²) >= 11 is 0. The van der Waals surface area contributed by atoms with Crippen molar-refractivity contribution in [1.82, 2.24) is 4.90 Å². The van der Waals surface area contributed by atoms with E-state index in [0.29, 0.717) is 0 Å². The monoisotopic (exact) mass is 321 g/mol. The van der Waals surface area contributed by atoms with Gasteiger partial charge in [-0.05, 0) is 36.0 Å². The molecule has 0 saturated carbocycles. The lowest BCUT2D eigenvalue weighted by Crippen LogP contribution is -2.38. The summed E-state index contributed by atoms with van der Waals surface area (Å²) in [6.07, 6.45) is 6.21. The normalized spacial score (nSPS) is 15.5. The molecular formula is C22H27NO. The molecule has 2 nitrogen and oxygen atoms in total. The predicted octanol–water partition coefficient (Wildman–Crippen LogP) is 5.40. The van der Waals surface area contributed by atoms with Crippen molar-refractivity contribution in [2.75, 3.05) is 13.1 Å². The molecule has 0 atom stereocenters. The summed E-state index contributed by atoms with van der Waals surface area (Å²) < 4.78 is 0. The van der Waals surface area contributed by atoms with Crippen LogP contribution in [0.1, 0.15) is 49.4 Å². The molecule has 0 radical (unpaired) electrons. The first-order valence-electron chi connectivity index (χ1n) is 9.23. The summed E-state index contributed by atoms with van der Waals surface area (Å²) in [4.78, 5) is 15.1. The Bertz CT molecular complexity index is 657. The molecule has 0 spiro atoms. The van der Waals surface area contributed by atoms with Gasteiger partial charge in [-0.1, -0.05) is 74.7 Å². The van der Waals surface area contributed by atoms with E-state index in [2.05, 4.69) is 25.1 Å². The summed E-state index contributed by atoms with van der Waals surface area (Å²) in [7, 11) is 0. The lowest BCUT2D eigenvalue weighted by atomic mass is 9.91. The topological polar surface area (TPSA) is 20.3 Å². The second-order valence-corrected chi connectivity index (χ2v) is 6.79. The van der Waals surface area contributed by atoms with Crippen LogP contribution < -0.4 is 0 Å². The summed E-state index contributed by atoms with van der Waals surface area (Å²) in [6, 6.07) is 18.2. The Labute approximate surface area is 145 Å². The van der Waals surface area contributed by atoms with Crippen molar-refractivity contribution >= 4 is 5.91 Å². The van der Waals surface area contributed by atoms with E-state index in [1.165, 1.54) is 19.3 Å². The maximum absolute atomic E-state index is 13.0. The van der Waals surface area contributed by atoms with Crippen LogP contribution in [0.5, 0.6) is 0 Å². The summed E-state index contributed by atoms with van der Waals surface area (Å²) in [5, 5.41) is 0. The van der Waals surface area contributed by atoms with Crippen LogP contribution in [-0.2, 0) is 0 Å². The highest BCUT2D eigenvalue weighted by molar-refractivity contribution is 6.00. The number of nitrogens with zero attached hydrogens (tertiary/aromatic N) is 1. The van der Waals surface area contributed by atoms with Gasteiger partial charge in [0.05, 0.1) is 0 Å². The molecule has 0 aromatic heterocycles. The van der Waals surface area contributed by atoms with E-state index in [1.807, 2.05) is 41.3 Å². The van der Waals surface area contributed by atoms with Crippen molar-refractivity contribution in [3.05, 3.63) is 60.2 Å². The number of rotatable bonds is 5. The zero-order valence-electron chi connectivity index (χ0n) is 14.6. The number of piperidine rings is 1. The van der Waals surface area contributed by atoms with Crippen molar-refractivity contribution in [1.29, 1.82) is 0 Å². The van der Waals surface area contributed by atoms with Crippen LogP contribution in [0.3, 0.4) is 0 Å². The molecule has 3 rings (SSSR count). The van der Waals surface area contributed by atoms with E-state index in [1.54, 1.807) is 0 Å². The Morgan fingerprint density at radius 1 is 1.00 bits per heavy atom. The molecular weight excluding hydrogens is 294 g/mol. The van der Waals surface area contributed by atoms with Gasteiger partial charge >= 0.3 is 0 Å². The molecule has 0 bridgehead atoms. The van der Waals surface area contributed by atoms with Gasteiger partial charge < -0.3 is 4.90 Å². The van der Waals surface area contributed by atoms with Crippen LogP contribution in [0.4, 0.5) is 0 Å². The average Bonchev–Trinajstić information content (AvgIpc) is 2.67. The minimum Gasteiger partial charge on any atom is -0.339 e. The highest BCUT2D eigenvalue weighted by Gasteiger charge is 2.24. The third-order valence-electron chi connectivity index (χ3n) is 5.11. The van der Waals surface area contributed by atoms with Crippen LogP contribution in [0.2, 0.25) is 0 Å². The van der Waals surface area contributed by atoms with Gasteiger partial charge in [0.25, 0.3) is 5.91 Å². The molecule has 2 aromatic carbocycles. The van der Waals surface area contributed by atoms with E-state index in [-0.39, 0.29) is 5.91 Å². The fourth-order valence-corrected chi connectivity index (χ4v) is 3.63. The Balaban J connectivity index is 1.73. The van der Waals surface area contributed by atoms with Crippen LogP contribution in [-0.4, -0.2) is 23.9 Å². The largest absolute Gasteiger partial charge is 0.339 e. The number of carbonyl (C=O) groups is 1. The predicted molar refractivity (Wildman–Crippen MR) is 100 cm³/mol. The molecule has 126 valence electrons. The van der Waals surface area contributed by atoms with Crippen molar-refractivity contribution in [2.45, 2.75) is 39.0 Å². The van der Waals surface area contributed by atoms with Gasteiger partial charge in [0.1, 0.15) is 0 Å². The highest BCUT2D eigenvalue weighted by Crippen LogP contribution is 2.27. The quantitative estimate of drug-likeness (QED) is 0.722. The van der Waals surface area contributed by atoms with Gasteiger partial charge in [0.2, 0.25) is 0 Å². The van der Waals surface area contributed by atoms with Gasteiger partial charge in [-0.3, -0.25) is 4.79 Å². The molecule has 1 aliphatic heterocycles. The summed E-state index contributed by atoms with van der Waals surface area (Å²) in [5.74, 6) is 0.988. The number of hydrogen-bond acceptors (Lipinski definition) is 1. The van der Waals surface area contributed by atoms with Crippen LogP contribution in [0.25, 0.3) is 11.1 Å². The Kier molecular flexibility index (Phi) is 5.68. The molecule has 2 aromatic rings. The fourth-order valence-electron chi connectivity index (χ4n) is 3.63. The number of likely N-dealkylation sites (tertiary alicyclic amines) is 1. The number of amides is 1. The van der Waals surface area contributed by atoms with Crippen LogP contribution in [0, 0.1) is 5.92 Å². The molecule has 24 heavy (non-hydrogen) atoms. The van der Waals surface area contributed by atoms with Crippen LogP contribution in [0.15, 0.2) is 54.6 Å². The second-order valence-electron chi connectivity index (χ2n) is 6.79. The molecule has 1 saturated heterocycles. The van der Waals surface area contributed by atoms with Gasteiger partial charge in [0.15, 0.2) is 0 Å². The lowest BCUT2D eigenvalue weighted by Gasteiger charge is -2.32. The van der Waals surface area contributed by atoms with Crippen molar-refractivity contribution < 1.29 is 4.79 Å². The Hall–Kier alpha value is -2.09. The molecule has 1 fully saturated rings. The third-order valence-corrected chi connectivity index (χ3v) is 5.11. The first kappa shape index (κ1) is 16.8. The molecule has 0 unspecified atom stereocenters. The van der Waals surface area contributed by atoms with Crippen molar-refractivity contribution in [3.8, 4) is 11.1 Å². The lowest BCUT2D eigenvalue weighted by molar-refractivity contribution is 0.0686. The molecule has 1 heterocycles. The van der Waals surface area contributed by atoms with E-state index in [9.17, 15) is 4.79 Å². The minimum atomic E-state index is 0.184. The zero-order valence-corrected chi connectivity index (χ0v) is 14.6. The van der Waals surface area contributed by atoms with E-state index >= 15 is 0 Å².